The van der Waals surface area contributed by atoms with Crippen LogP contribution in [-0.2, 0) is 9.84 Å². The minimum atomic E-state index is -3.00. The predicted molar refractivity (Wildman–Crippen MR) is 73.6 cm³/mol. The Morgan fingerprint density at radius 1 is 1.24 bits per heavy atom. The molecule has 0 radical (unpaired) electrons. The topological polar surface area (TPSA) is 34.1 Å². The molecule has 3 heteroatoms. The van der Waals surface area contributed by atoms with E-state index >= 15 is 0 Å². The fraction of sp³-hybridized carbons (Fsp3) is 0.714. The molecule has 2 nitrogen and oxygen atoms in total. The molecule has 1 aliphatic rings. The van der Waals surface area contributed by atoms with Crippen LogP contribution in [0.2, 0.25) is 0 Å². The Morgan fingerprint density at radius 3 is 2.29 bits per heavy atom. The van der Waals surface area contributed by atoms with Gasteiger partial charge in [-0.3, -0.25) is 0 Å². The minimum Gasteiger partial charge on any atom is -0.229 e. The van der Waals surface area contributed by atoms with Crippen LogP contribution in [-0.4, -0.2) is 19.9 Å². The standard InChI is InChI=1S/C14H24O2S/c1-11(2)12-8-10-14(3,4)9-6-7-13(12)17(5,15)16/h6,8-13H,7H2,1-5H3/b9-6-,10-8-. The Labute approximate surface area is 106 Å². The first-order valence-corrected chi connectivity index (χ1v) is 8.15. The maximum Gasteiger partial charge on any atom is 0.151 e. The average molecular weight is 256 g/mol. The van der Waals surface area contributed by atoms with Crippen molar-refractivity contribution in [2.75, 3.05) is 6.26 Å². The quantitative estimate of drug-likeness (QED) is 0.711. The van der Waals surface area contributed by atoms with Crippen LogP contribution in [0, 0.1) is 17.3 Å². The molecule has 0 aromatic heterocycles. The molecule has 0 saturated heterocycles. The first kappa shape index (κ1) is 14.5. The van der Waals surface area contributed by atoms with Gasteiger partial charge in [0.15, 0.2) is 9.84 Å². The third-order valence-corrected chi connectivity index (χ3v) is 5.02. The van der Waals surface area contributed by atoms with Crippen LogP contribution >= 0.6 is 0 Å². The molecule has 1 rings (SSSR count). The largest absolute Gasteiger partial charge is 0.229 e. The van der Waals surface area contributed by atoms with Gasteiger partial charge in [0.2, 0.25) is 0 Å². The lowest BCUT2D eigenvalue weighted by Crippen LogP contribution is -2.32. The summed E-state index contributed by atoms with van der Waals surface area (Å²) in [5.74, 6) is 0.447. The highest BCUT2D eigenvalue weighted by molar-refractivity contribution is 7.91. The van der Waals surface area contributed by atoms with Gasteiger partial charge < -0.3 is 0 Å². The second-order valence-corrected chi connectivity index (χ2v) is 8.27. The zero-order valence-corrected chi connectivity index (χ0v) is 12.3. The first-order valence-electron chi connectivity index (χ1n) is 6.19. The molecule has 0 aliphatic heterocycles. The van der Waals surface area contributed by atoms with Crippen LogP contribution in [0.1, 0.15) is 34.1 Å². The summed E-state index contributed by atoms with van der Waals surface area (Å²) in [7, 11) is -3.00. The Kier molecular flexibility index (Phi) is 4.23. The van der Waals surface area contributed by atoms with E-state index in [9.17, 15) is 8.42 Å². The molecule has 17 heavy (non-hydrogen) atoms. The predicted octanol–water partition coefficient (Wildman–Crippen LogP) is 3.21. The van der Waals surface area contributed by atoms with Gasteiger partial charge in [0.05, 0.1) is 5.25 Å². The monoisotopic (exact) mass is 256 g/mol. The van der Waals surface area contributed by atoms with Gasteiger partial charge in [0, 0.05) is 11.7 Å². The second kappa shape index (κ2) is 4.97. The second-order valence-electron chi connectivity index (χ2n) is 6.01. The van der Waals surface area contributed by atoms with Crippen LogP contribution in [0.3, 0.4) is 0 Å². The molecule has 0 aromatic rings. The third-order valence-electron chi connectivity index (χ3n) is 3.41. The highest BCUT2D eigenvalue weighted by Crippen LogP contribution is 2.31. The molecule has 0 N–H and O–H groups in total. The van der Waals surface area contributed by atoms with Gasteiger partial charge in [-0.25, -0.2) is 8.42 Å². The van der Waals surface area contributed by atoms with Crippen molar-refractivity contribution in [3.63, 3.8) is 0 Å². The number of rotatable bonds is 2. The summed E-state index contributed by atoms with van der Waals surface area (Å²) in [5.41, 5.74) is 0.0234. The van der Waals surface area contributed by atoms with Crippen LogP contribution in [0.25, 0.3) is 0 Å². The maximum atomic E-state index is 11.9. The van der Waals surface area contributed by atoms with Gasteiger partial charge in [-0.1, -0.05) is 52.0 Å². The van der Waals surface area contributed by atoms with Crippen molar-refractivity contribution in [3.8, 4) is 0 Å². The molecule has 0 bridgehead atoms. The average Bonchev–Trinajstić information content (AvgIpc) is 2.09. The summed E-state index contributed by atoms with van der Waals surface area (Å²) >= 11 is 0. The Balaban J connectivity index is 3.13. The normalized spacial score (nSPS) is 32.8. The summed E-state index contributed by atoms with van der Waals surface area (Å²) in [6.45, 7) is 8.45. The smallest absolute Gasteiger partial charge is 0.151 e. The van der Waals surface area contributed by atoms with E-state index in [-0.39, 0.29) is 16.6 Å². The van der Waals surface area contributed by atoms with E-state index in [2.05, 4.69) is 45.9 Å². The van der Waals surface area contributed by atoms with Crippen molar-refractivity contribution in [3.05, 3.63) is 24.3 Å². The molecule has 0 saturated carbocycles. The van der Waals surface area contributed by atoms with Crippen LogP contribution < -0.4 is 0 Å². The number of hydrogen-bond acceptors (Lipinski definition) is 2. The van der Waals surface area contributed by atoms with E-state index in [1.165, 1.54) is 6.26 Å². The number of sulfone groups is 1. The van der Waals surface area contributed by atoms with E-state index in [0.717, 1.165) is 0 Å². The van der Waals surface area contributed by atoms with E-state index in [0.29, 0.717) is 12.3 Å². The summed E-state index contributed by atoms with van der Waals surface area (Å²) in [6, 6.07) is 0. The van der Waals surface area contributed by atoms with E-state index in [4.69, 9.17) is 0 Å². The van der Waals surface area contributed by atoms with Crippen LogP contribution in [0.4, 0.5) is 0 Å². The SMILES string of the molecule is CC(C)C1/C=C\C(C)(C)/C=C\CC1S(C)(=O)=O. The number of hydrogen-bond donors (Lipinski definition) is 0. The zero-order valence-electron chi connectivity index (χ0n) is 11.5. The zero-order chi connectivity index (χ0) is 13.3. The van der Waals surface area contributed by atoms with Gasteiger partial charge in [-0.05, 0) is 18.3 Å². The summed E-state index contributed by atoms with van der Waals surface area (Å²) in [6.07, 6.45) is 10.3. The van der Waals surface area contributed by atoms with E-state index in [1.807, 2.05) is 6.08 Å². The number of allylic oxidation sites excluding steroid dienone is 4. The fourth-order valence-corrected chi connectivity index (χ4v) is 3.75. The molecular weight excluding hydrogens is 232 g/mol. The molecule has 2 unspecified atom stereocenters. The van der Waals surface area contributed by atoms with Crippen molar-refractivity contribution in [2.45, 2.75) is 39.4 Å². The molecular formula is C14H24O2S. The van der Waals surface area contributed by atoms with Crippen molar-refractivity contribution < 1.29 is 8.42 Å². The molecule has 98 valence electrons. The van der Waals surface area contributed by atoms with Crippen LogP contribution in [0.5, 0.6) is 0 Å². The molecule has 1 aliphatic carbocycles. The van der Waals surface area contributed by atoms with E-state index in [1.54, 1.807) is 0 Å². The highest BCUT2D eigenvalue weighted by atomic mass is 32.2. The van der Waals surface area contributed by atoms with Gasteiger partial charge in [0.25, 0.3) is 0 Å². The summed E-state index contributed by atoms with van der Waals surface area (Å²) in [4.78, 5) is 0. The molecule has 0 fully saturated rings. The molecule has 0 amide bonds. The fourth-order valence-electron chi connectivity index (χ4n) is 2.31. The highest BCUT2D eigenvalue weighted by Gasteiger charge is 2.31. The minimum absolute atomic E-state index is 0.0234. The maximum absolute atomic E-state index is 11.9. The molecule has 2 atom stereocenters. The van der Waals surface area contributed by atoms with Crippen molar-refractivity contribution in [2.24, 2.45) is 17.3 Å². The summed E-state index contributed by atoms with van der Waals surface area (Å²) in [5, 5.41) is -0.286. The van der Waals surface area contributed by atoms with Crippen molar-refractivity contribution in [1.29, 1.82) is 0 Å². The van der Waals surface area contributed by atoms with Gasteiger partial charge >= 0.3 is 0 Å². The van der Waals surface area contributed by atoms with E-state index < -0.39 is 9.84 Å². The summed E-state index contributed by atoms with van der Waals surface area (Å²) < 4.78 is 23.7. The van der Waals surface area contributed by atoms with Crippen molar-refractivity contribution in [1.82, 2.24) is 0 Å². The lowest BCUT2D eigenvalue weighted by molar-refractivity contribution is 0.423. The Morgan fingerprint density at radius 2 is 1.82 bits per heavy atom. The Hall–Kier alpha value is -0.570. The first-order chi connectivity index (χ1) is 7.63. The molecule has 0 heterocycles. The van der Waals surface area contributed by atoms with Gasteiger partial charge in [-0.15, -0.1) is 0 Å². The molecule has 0 aromatic carbocycles. The third kappa shape index (κ3) is 3.98. The van der Waals surface area contributed by atoms with Gasteiger partial charge in [0.1, 0.15) is 0 Å². The lowest BCUT2D eigenvalue weighted by Gasteiger charge is -2.29. The Bertz CT molecular complexity index is 414. The molecule has 0 spiro atoms. The van der Waals surface area contributed by atoms with Gasteiger partial charge in [-0.2, -0.15) is 0 Å². The van der Waals surface area contributed by atoms with Crippen molar-refractivity contribution >= 4 is 9.84 Å². The van der Waals surface area contributed by atoms with Crippen LogP contribution in [0.15, 0.2) is 24.3 Å². The lowest BCUT2D eigenvalue weighted by atomic mass is 9.83.